The van der Waals surface area contributed by atoms with Crippen molar-refractivity contribution in [3.63, 3.8) is 0 Å². The summed E-state index contributed by atoms with van der Waals surface area (Å²) in [6, 6.07) is 3.52. The molecule has 1 aromatic carbocycles. The fourth-order valence-electron chi connectivity index (χ4n) is 1.27. The lowest BCUT2D eigenvalue weighted by Gasteiger charge is -2.04. The third-order valence-electron chi connectivity index (χ3n) is 2.14. The van der Waals surface area contributed by atoms with E-state index in [1.165, 1.54) is 6.07 Å². The smallest absolute Gasteiger partial charge is 0.338 e. The van der Waals surface area contributed by atoms with E-state index in [1.54, 1.807) is 12.4 Å². The highest BCUT2D eigenvalue weighted by atomic mass is 19.1. The lowest BCUT2D eigenvalue weighted by Crippen LogP contribution is -2.00. The van der Waals surface area contributed by atoms with Crippen molar-refractivity contribution < 1.29 is 19.0 Å². The van der Waals surface area contributed by atoms with Crippen LogP contribution < -0.4 is 4.74 Å². The molecule has 0 fully saturated rings. The average Bonchev–Trinajstić information content (AvgIpc) is 2.32. The van der Waals surface area contributed by atoms with Gasteiger partial charge in [0.15, 0.2) is 0 Å². The number of rotatable bonds is 3. The molecule has 2 aromatic rings. The SMILES string of the molecule is Cc1cnc(Oc2ccc(C(=O)O)c(F)c2)nc1. The van der Waals surface area contributed by atoms with Gasteiger partial charge in [0.2, 0.25) is 0 Å². The van der Waals surface area contributed by atoms with Crippen molar-refractivity contribution in [3.05, 3.63) is 47.5 Å². The fourth-order valence-corrected chi connectivity index (χ4v) is 1.27. The van der Waals surface area contributed by atoms with E-state index in [0.717, 1.165) is 17.7 Å². The predicted molar refractivity (Wildman–Crippen MR) is 60.2 cm³/mol. The molecular weight excluding hydrogens is 239 g/mol. The standard InChI is InChI=1S/C12H9FN2O3/c1-7-5-14-12(15-6-7)18-8-2-3-9(11(16)17)10(13)4-8/h2-6H,1H3,(H,16,17). The third-order valence-corrected chi connectivity index (χ3v) is 2.14. The first kappa shape index (κ1) is 12.0. The van der Waals surface area contributed by atoms with E-state index in [2.05, 4.69) is 9.97 Å². The molecule has 0 aliphatic rings. The first-order valence-corrected chi connectivity index (χ1v) is 5.05. The molecule has 5 nitrogen and oxygen atoms in total. The summed E-state index contributed by atoms with van der Waals surface area (Å²) < 4.78 is 18.6. The molecule has 0 saturated heterocycles. The molecule has 0 unspecified atom stereocenters. The van der Waals surface area contributed by atoms with Gasteiger partial charge < -0.3 is 9.84 Å². The summed E-state index contributed by atoms with van der Waals surface area (Å²) >= 11 is 0. The Labute approximate surface area is 102 Å². The zero-order chi connectivity index (χ0) is 13.1. The summed E-state index contributed by atoms with van der Waals surface area (Å²) in [4.78, 5) is 18.4. The second kappa shape index (κ2) is 4.79. The maximum Gasteiger partial charge on any atom is 0.338 e. The van der Waals surface area contributed by atoms with Gasteiger partial charge in [-0.3, -0.25) is 0 Å². The Kier molecular flexibility index (Phi) is 3.18. The Bertz CT molecular complexity index is 584. The van der Waals surface area contributed by atoms with Gasteiger partial charge in [-0.05, 0) is 24.6 Å². The molecule has 92 valence electrons. The molecule has 1 N–H and O–H groups in total. The van der Waals surface area contributed by atoms with Crippen LogP contribution in [0, 0.1) is 12.7 Å². The van der Waals surface area contributed by atoms with E-state index in [0.29, 0.717) is 0 Å². The number of carboxylic acid groups (broad SMARTS) is 1. The van der Waals surface area contributed by atoms with E-state index in [1.807, 2.05) is 6.92 Å². The minimum Gasteiger partial charge on any atom is -0.478 e. The normalized spacial score (nSPS) is 10.1. The van der Waals surface area contributed by atoms with Gasteiger partial charge in [0.05, 0.1) is 5.56 Å². The second-order valence-corrected chi connectivity index (χ2v) is 3.59. The van der Waals surface area contributed by atoms with E-state index in [-0.39, 0.29) is 11.8 Å². The zero-order valence-electron chi connectivity index (χ0n) is 9.42. The number of aryl methyl sites for hydroxylation is 1. The van der Waals surface area contributed by atoms with Gasteiger partial charge in [-0.2, -0.15) is 0 Å². The molecule has 0 spiro atoms. The number of hydrogen-bond acceptors (Lipinski definition) is 4. The van der Waals surface area contributed by atoms with Gasteiger partial charge in [0.1, 0.15) is 11.6 Å². The van der Waals surface area contributed by atoms with Crippen LogP contribution in [-0.2, 0) is 0 Å². The monoisotopic (exact) mass is 248 g/mol. The Balaban J connectivity index is 2.22. The molecule has 0 radical (unpaired) electrons. The summed E-state index contributed by atoms with van der Waals surface area (Å²) in [5, 5.41) is 8.67. The van der Waals surface area contributed by atoms with Crippen LogP contribution in [0.5, 0.6) is 11.8 Å². The average molecular weight is 248 g/mol. The molecule has 0 amide bonds. The van der Waals surface area contributed by atoms with Crippen LogP contribution in [0.1, 0.15) is 15.9 Å². The van der Waals surface area contributed by atoms with Gasteiger partial charge in [0.25, 0.3) is 0 Å². The van der Waals surface area contributed by atoms with E-state index < -0.39 is 17.3 Å². The Morgan fingerprint density at radius 1 is 1.33 bits per heavy atom. The van der Waals surface area contributed by atoms with Crippen LogP contribution in [0.3, 0.4) is 0 Å². The molecular formula is C12H9FN2O3. The molecule has 0 saturated carbocycles. The van der Waals surface area contributed by atoms with E-state index >= 15 is 0 Å². The zero-order valence-corrected chi connectivity index (χ0v) is 9.42. The molecule has 0 aliphatic heterocycles. The second-order valence-electron chi connectivity index (χ2n) is 3.59. The first-order chi connectivity index (χ1) is 8.56. The molecule has 6 heteroatoms. The number of ether oxygens (including phenoxy) is 1. The van der Waals surface area contributed by atoms with Crippen molar-refractivity contribution in [2.45, 2.75) is 6.92 Å². The molecule has 1 heterocycles. The fraction of sp³-hybridized carbons (Fsp3) is 0.0833. The largest absolute Gasteiger partial charge is 0.478 e. The number of carbonyl (C=O) groups is 1. The van der Waals surface area contributed by atoms with Gasteiger partial charge in [-0.15, -0.1) is 0 Å². The van der Waals surface area contributed by atoms with Crippen molar-refractivity contribution in [3.8, 4) is 11.8 Å². The summed E-state index contributed by atoms with van der Waals surface area (Å²) in [7, 11) is 0. The summed E-state index contributed by atoms with van der Waals surface area (Å²) in [5.41, 5.74) is 0.460. The van der Waals surface area contributed by atoms with Crippen LogP contribution in [0.25, 0.3) is 0 Å². The minimum absolute atomic E-state index is 0.0723. The maximum absolute atomic E-state index is 13.4. The lowest BCUT2D eigenvalue weighted by molar-refractivity contribution is 0.0692. The number of aromatic carboxylic acids is 1. The maximum atomic E-state index is 13.4. The minimum atomic E-state index is -1.33. The number of hydrogen-bond donors (Lipinski definition) is 1. The molecule has 2 rings (SSSR count). The number of nitrogens with zero attached hydrogens (tertiary/aromatic N) is 2. The van der Waals surface area contributed by atoms with E-state index in [9.17, 15) is 9.18 Å². The summed E-state index contributed by atoms with van der Waals surface area (Å²) in [5.74, 6) is -2.06. The highest BCUT2D eigenvalue weighted by Crippen LogP contribution is 2.20. The third kappa shape index (κ3) is 2.60. The molecule has 0 bridgehead atoms. The van der Waals surface area contributed by atoms with Crippen LogP contribution in [-0.4, -0.2) is 21.0 Å². The topological polar surface area (TPSA) is 72.3 Å². The van der Waals surface area contributed by atoms with Gasteiger partial charge in [-0.25, -0.2) is 19.2 Å². The van der Waals surface area contributed by atoms with Crippen LogP contribution in [0.4, 0.5) is 4.39 Å². The molecule has 0 aliphatic carbocycles. The van der Waals surface area contributed by atoms with Crippen molar-refractivity contribution >= 4 is 5.97 Å². The first-order valence-electron chi connectivity index (χ1n) is 5.05. The summed E-state index contributed by atoms with van der Waals surface area (Å²) in [6.07, 6.45) is 3.12. The molecule has 0 atom stereocenters. The van der Waals surface area contributed by atoms with Crippen molar-refractivity contribution in [2.75, 3.05) is 0 Å². The quantitative estimate of drug-likeness (QED) is 0.902. The number of halogens is 1. The summed E-state index contributed by atoms with van der Waals surface area (Å²) in [6.45, 7) is 1.82. The van der Waals surface area contributed by atoms with Crippen LogP contribution in [0.15, 0.2) is 30.6 Å². The Morgan fingerprint density at radius 3 is 2.56 bits per heavy atom. The number of aromatic nitrogens is 2. The van der Waals surface area contributed by atoms with Gasteiger partial charge >= 0.3 is 12.0 Å². The Hall–Kier alpha value is -2.50. The van der Waals surface area contributed by atoms with Crippen molar-refractivity contribution in [2.24, 2.45) is 0 Å². The predicted octanol–water partition coefficient (Wildman–Crippen LogP) is 2.41. The van der Waals surface area contributed by atoms with E-state index in [4.69, 9.17) is 9.84 Å². The Morgan fingerprint density at radius 2 is 2.00 bits per heavy atom. The van der Waals surface area contributed by atoms with Gasteiger partial charge in [-0.1, -0.05) is 0 Å². The van der Waals surface area contributed by atoms with Crippen LogP contribution >= 0.6 is 0 Å². The highest BCUT2D eigenvalue weighted by Gasteiger charge is 2.11. The van der Waals surface area contributed by atoms with Crippen molar-refractivity contribution in [1.82, 2.24) is 9.97 Å². The van der Waals surface area contributed by atoms with Crippen LogP contribution in [0.2, 0.25) is 0 Å². The van der Waals surface area contributed by atoms with Gasteiger partial charge in [0, 0.05) is 18.5 Å². The highest BCUT2D eigenvalue weighted by molar-refractivity contribution is 5.88. The molecule has 1 aromatic heterocycles. The van der Waals surface area contributed by atoms with Crippen molar-refractivity contribution in [1.29, 1.82) is 0 Å². The number of carboxylic acids is 1. The molecule has 18 heavy (non-hydrogen) atoms. The lowest BCUT2D eigenvalue weighted by atomic mass is 10.2. The number of benzene rings is 1.